The fourth-order valence-corrected chi connectivity index (χ4v) is 2.43. The molecule has 6 heteroatoms. The highest BCUT2D eigenvalue weighted by Gasteiger charge is 2.22. The van der Waals surface area contributed by atoms with Gasteiger partial charge in [0.2, 0.25) is 0 Å². The Hall–Kier alpha value is -1.14. The predicted molar refractivity (Wildman–Crippen MR) is 69.9 cm³/mol. The van der Waals surface area contributed by atoms with E-state index in [0.29, 0.717) is 23.2 Å². The lowest BCUT2D eigenvalue weighted by atomic mass is 10.1. The number of likely N-dealkylation sites (tertiary alicyclic amines) is 1. The normalized spacial score (nSPS) is 19.7. The predicted octanol–water partition coefficient (Wildman–Crippen LogP) is 2.58. The van der Waals surface area contributed by atoms with E-state index in [-0.39, 0.29) is 6.03 Å². The Morgan fingerprint density at radius 3 is 2.94 bits per heavy atom. The Bertz CT molecular complexity index is 435. The monoisotopic (exact) mass is 316 g/mol. The first-order valence-electron chi connectivity index (χ1n) is 5.74. The number of halogens is 2. The van der Waals surface area contributed by atoms with Crippen LogP contribution in [-0.4, -0.2) is 35.2 Å². The van der Waals surface area contributed by atoms with Crippen molar-refractivity contribution in [1.82, 2.24) is 4.90 Å². The van der Waals surface area contributed by atoms with Gasteiger partial charge < -0.3 is 15.3 Å². The van der Waals surface area contributed by atoms with Crippen LogP contribution in [0.3, 0.4) is 0 Å². The van der Waals surface area contributed by atoms with Crippen LogP contribution in [0.25, 0.3) is 0 Å². The SMILES string of the molecule is O=C(Nc1cc(F)cc(Br)c1)N1CCCC(O)C1. The molecule has 1 heterocycles. The zero-order valence-corrected chi connectivity index (χ0v) is 11.3. The van der Waals surface area contributed by atoms with Gasteiger partial charge in [0.15, 0.2) is 0 Å². The number of urea groups is 1. The van der Waals surface area contributed by atoms with Gasteiger partial charge in [-0.05, 0) is 31.0 Å². The summed E-state index contributed by atoms with van der Waals surface area (Å²) in [4.78, 5) is 13.4. The number of hydrogen-bond acceptors (Lipinski definition) is 2. The molecule has 0 spiro atoms. The van der Waals surface area contributed by atoms with Gasteiger partial charge >= 0.3 is 6.03 Å². The van der Waals surface area contributed by atoms with Crippen molar-refractivity contribution in [3.05, 3.63) is 28.5 Å². The number of hydrogen-bond donors (Lipinski definition) is 2. The van der Waals surface area contributed by atoms with E-state index in [1.807, 2.05) is 0 Å². The molecule has 0 bridgehead atoms. The summed E-state index contributed by atoms with van der Waals surface area (Å²) in [5.41, 5.74) is 0.395. The zero-order chi connectivity index (χ0) is 13.1. The van der Waals surface area contributed by atoms with Crippen molar-refractivity contribution in [3.8, 4) is 0 Å². The van der Waals surface area contributed by atoms with Crippen molar-refractivity contribution >= 4 is 27.6 Å². The molecule has 0 radical (unpaired) electrons. The Balaban J connectivity index is 2.02. The number of aliphatic hydroxyl groups excluding tert-OH is 1. The molecule has 1 aromatic carbocycles. The van der Waals surface area contributed by atoms with E-state index in [2.05, 4.69) is 21.2 Å². The van der Waals surface area contributed by atoms with E-state index in [0.717, 1.165) is 12.8 Å². The molecule has 1 unspecified atom stereocenters. The van der Waals surface area contributed by atoms with Crippen molar-refractivity contribution in [1.29, 1.82) is 0 Å². The van der Waals surface area contributed by atoms with E-state index >= 15 is 0 Å². The van der Waals surface area contributed by atoms with Crippen LogP contribution in [0.1, 0.15) is 12.8 Å². The third-order valence-corrected chi connectivity index (χ3v) is 3.26. The van der Waals surface area contributed by atoms with E-state index in [1.54, 1.807) is 6.07 Å². The number of rotatable bonds is 1. The zero-order valence-electron chi connectivity index (χ0n) is 9.70. The number of aliphatic hydroxyl groups is 1. The van der Waals surface area contributed by atoms with Crippen LogP contribution in [0.5, 0.6) is 0 Å². The lowest BCUT2D eigenvalue weighted by Gasteiger charge is -2.30. The van der Waals surface area contributed by atoms with Gasteiger partial charge in [-0.15, -0.1) is 0 Å². The molecular weight excluding hydrogens is 303 g/mol. The molecule has 4 nitrogen and oxygen atoms in total. The molecule has 0 saturated carbocycles. The molecule has 1 atom stereocenters. The molecule has 1 aromatic rings. The first-order valence-corrected chi connectivity index (χ1v) is 6.54. The maximum atomic E-state index is 13.1. The maximum absolute atomic E-state index is 13.1. The second-order valence-electron chi connectivity index (χ2n) is 4.33. The second-order valence-corrected chi connectivity index (χ2v) is 5.25. The van der Waals surface area contributed by atoms with Crippen molar-refractivity contribution in [3.63, 3.8) is 0 Å². The van der Waals surface area contributed by atoms with E-state index < -0.39 is 11.9 Å². The Morgan fingerprint density at radius 2 is 2.28 bits per heavy atom. The molecule has 98 valence electrons. The second kappa shape index (κ2) is 5.67. The standard InChI is InChI=1S/C12H14BrFN2O2/c13-8-4-9(14)6-10(5-8)15-12(18)16-3-1-2-11(17)7-16/h4-6,11,17H,1-3,7H2,(H,15,18). The average Bonchev–Trinajstić information content (AvgIpc) is 2.27. The average molecular weight is 317 g/mol. The lowest BCUT2D eigenvalue weighted by molar-refractivity contribution is 0.0883. The number of piperidine rings is 1. The van der Waals surface area contributed by atoms with Gasteiger partial charge in [-0.25, -0.2) is 9.18 Å². The van der Waals surface area contributed by atoms with Crippen LogP contribution < -0.4 is 5.32 Å². The summed E-state index contributed by atoms with van der Waals surface area (Å²) < 4.78 is 13.7. The minimum absolute atomic E-state index is 0.314. The fourth-order valence-electron chi connectivity index (χ4n) is 1.97. The topological polar surface area (TPSA) is 52.6 Å². The van der Waals surface area contributed by atoms with Crippen molar-refractivity contribution < 1.29 is 14.3 Å². The quantitative estimate of drug-likeness (QED) is 0.836. The van der Waals surface area contributed by atoms with Gasteiger partial charge in [-0.2, -0.15) is 0 Å². The molecular formula is C12H14BrFN2O2. The number of nitrogens with zero attached hydrogens (tertiary/aromatic N) is 1. The third-order valence-electron chi connectivity index (χ3n) is 2.80. The summed E-state index contributed by atoms with van der Waals surface area (Å²) in [5, 5.41) is 12.1. The summed E-state index contributed by atoms with van der Waals surface area (Å²) in [7, 11) is 0. The fraction of sp³-hybridized carbons (Fsp3) is 0.417. The lowest BCUT2D eigenvalue weighted by Crippen LogP contribution is -2.44. The van der Waals surface area contributed by atoms with Crippen molar-refractivity contribution in [2.75, 3.05) is 18.4 Å². The van der Waals surface area contributed by atoms with Gasteiger partial charge in [0, 0.05) is 23.2 Å². The molecule has 1 saturated heterocycles. The van der Waals surface area contributed by atoms with Gasteiger partial charge in [0.05, 0.1) is 6.10 Å². The minimum atomic E-state index is -0.469. The number of amides is 2. The third kappa shape index (κ3) is 3.43. The largest absolute Gasteiger partial charge is 0.391 e. The summed E-state index contributed by atoms with van der Waals surface area (Å²) in [5.74, 6) is -0.418. The Labute approximate surface area is 113 Å². The Morgan fingerprint density at radius 1 is 1.50 bits per heavy atom. The number of nitrogens with one attached hydrogen (secondary N) is 1. The summed E-state index contributed by atoms with van der Waals surface area (Å²) in [6, 6.07) is 3.89. The summed E-state index contributed by atoms with van der Waals surface area (Å²) in [6.07, 6.45) is 1.03. The van der Waals surface area contributed by atoms with Crippen LogP contribution in [0, 0.1) is 5.82 Å². The highest BCUT2D eigenvalue weighted by molar-refractivity contribution is 9.10. The van der Waals surface area contributed by atoms with Crippen LogP contribution in [0.15, 0.2) is 22.7 Å². The molecule has 18 heavy (non-hydrogen) atoms. The van der Waals surface area contributed by atoms with Crippen LogP contribution in [0.4, 0.5) is 14.9 Å². The maximum Gasteiger partial charge on any atom is 0.321 e. The minimum Gasteiger partial charge on any atom is -0.391 e. The molecule has 2 rings (SSSR count). The van der Waals surface area contributed by atoms with Crippen LogP contribution in [-0.2, 0) is 0 Å². The highest BCUT2D eigenvalue weighted by atomic mass is 79.9. The highest BCUT2D eigenvalue weighted by Crippen LogP contribution is 2.19. The number of carbonyl (C=O) groups is 1. The number of β-amino-alcohol motifs (C(OH)–C–C–N with tert-alkyl or cyclic N) is 1. The van der Waals surface area contributed by atoms with E-state index in [9.17, 15) is 14.3 Å². The van der Waals surface area contributed by atoms with Crippen molar-refractivity contribution in [2.45, 2.75) is 18.9 Å². The summed E-state index contributed by atoms with van der Waals surface area (Å²) >= 11 is 3.16. The van der Waals surface area contributed by atoms with Gasteiger partial charge in [0.25, 0.3) is 0 Å². The molecule has 1 fully saturated rings. The summed E-state index contributed by atoms with van der Waals surface area (Å²) in [6.45, 7) is 0.932. The van der Waals surface area contributed by atoms with Crippen molar-refractivity contribution in [2.24, 2.45) is 0 Å². The smallest absolute Gasteiger partial charge is 0.321 e. The molecule has 1 aliphatic rings. The van der Waals surface area contributed by atoms with Gasteiger partial charge in [-0.1, -0.05) is 15.9 Å². The molecule has 0 aliphatic carbocycles. The molecule has 2 N–H and O–H groups in total. The first kappa shape index (κ1) is 13.3. The van der Waals surface area contributed by atoms with Crippen LogP contribution >= 0.6 is 15.9 Å². The number of anilines is 1. The molecule has 0 aromatic heterocycles. The van der Waals surface area contributed by atoms with Gasteiger partial charge in [-0.3, -0.25) is 0 Å². The van der Waals surface area contributed by atoms with Gasteiger partial charge in [0.1, 0.15) is 5.82 Å². The molecule has 2 amide bonds. The number of carbonyl (C=O) groups excluding carboxylic acids is 1. The number of benzene rings is 1. The van der Waals surface area contributed by atoms with E-state index in [4.69, 9.17) is 0 Å². The van der Waals surface area contributed by atoms with Crippen LogP contribution in [0.2, 0.25) is 0 Å². The molecule has 1 aliphatic heterocycles. The Kier molecular flexibility index (Phi) is 4.19. The first-order chi connectivity index (χ1) is 8.54. The van der Waals surface area contributed by atoms with E-state index in [1.165, 1.54) is 17.0 Å².